The van der Waals surface area contributed by atoms with Gasteiger partial charge in [-0.15, -0.1) is 0 Å². The number of carbonyl (C=O) groups is 2. The van der Waals surface area contributed by atoms with E-state index in [9.17, 15) is 19.5 Å². The molecule has 1 aromatic carbocycles. The molecule has 2 unspecified atom stereocenters. The molecule has 2 aromatic rings. The number of benzene rings is 1. The van der Waals surface area contributed by atoms with Gasteiger partial charge in [-0.2, -0.15) is 0 Å². The molecule has 0 saturated heterocycles. The third-order valence-corrected chi connectivity index (χ3v) is 3.99. The van der Waals surface area contributed by atoms with Crippen molar-refractivity contribution in [2.24, 2.45) is 5.92 Å². The van der Waals surface area contributed by atoms with Crippen LogP contribution in [0.4, 0.5) is 0 Å². The highest BCUT2D eigenvalue weighted by molar-refractivity contribution is 5.85. The molecule has 0 aliphatic heterocycles. The van der Waals surface area contributed by atoms with Crippen LogP contribution in [0.2, 0.25) is 0 Å². The number of carboxylic acid groups (broad SMARTS) is 1. The molecule has 0 aliphatic rings. The van der Waals surface area contributed by atoms with Crippen LogP contribution in [0.5, 0.6) is 0 Å². The highest BCUT2D eigenvalue weighted by atomic mass is 16.4. The monoisotopic (exact) mass is 316 g/mol. The van der Waals surface area contributed by atoms with Gasteiger partial charge in [-0.1, -0.05) is 32.4 Å². The van der Waals surface area contributed by atoms with Gasteiger partial charge in [0.15, 0.2) is 5.43 Å². The van der Waals surface area contributed by atoms with E-state index < -0.39 is 17.9 Å². The predicted molar refractivity (Wildman–Crippen MR) is 87.2 cm³/mol. The van der Waals surface area contributed by atoms with E-state index in [2.05, 4.69) is 5.32 Å². The molecule has 0 fully saturated rings. The summed E-state index contributed by atoms with van der Waals surface area (Å²) in [4.78, 5) is 35.3. The number of rotatable bonds is 6. The largest absolute Gasteiger partial charge is 0.480 e. The van der Waals surface area contributed by atoms with Gasteiger partial charge in [-0.3, -0.25) is 9.59 Å². The smallest absolute Gasteiger partial charge is 0.326 e. The van der Waals surface area contributed by atoms with Gasteiger partial charge in [0.05, 0.1) is 5.52 Å². The maximum atomic E-state index is 12.2. The maximum absolute atomic E-state index is 12.2. The molecule has 2 rings (SSSR count). The molecular weight excluding hydrogens is 296 g/mol. The average Bonchev–Trinajstić information content (AvgIpc) is 2.54. The quantitative estimate of drug-likeness (QED) is 0.847. The average molecular weight is 316 g/mol. The molecular formula is C17H20N2O4. The highest BCUT2D eigenvalue weighted by Crippen LogP contribution is 2.11. The van der Waals surface area contributed by atoms with Crippen molar-refractivity contribution >= 4 is 22.8 Å². The van der Waals surface area contributed by atoms with Crippen LogP contribution >= 0.6 is 0 Å². The van der Waals surface area contributed by atoms with Crippen molar-refractivity contribution in [3.05, 3.63) is 46.8 Å². The Bertz CT molecular complexity index is 782. The third-order valence-electron chi connectivity index (χ3n) is 3.99. The molecule has 1 aromatic heterocycles. The van der Waals surface area contributed by atoms with Gasteiger partial charge >= 0.3 is 5.97 Å². The second kappa shape index (κ2) is 7.09. The number of hydrogen-bond donors (Lipinski definition) is 2. The zero-order chi connectivity index (χ0) is 17.0. The van der Waals surface area contributed by atoms with E-state index in [1.807, 2.05) is 6.92 Å². The van der Waals surface area contributed by atoms with Crippen molar-refractivity contribution in [3.63, 3.8) is 0 Å². The zero-order valence-electron chi connectivity index (χ0n) is 13.2. The number of aliphatic carboxylic acids is 1. The Morgan fingerprint density at radius 2 is 1.96 bits per heavy atom. The molecule has 2 N–H and O–H groups in total. The summed E-state index contributed by atoms with van der Waals surface area (Å²) in [5.41, 5.74) is 0.533. The second-order valence-electron chi connectivity index (χ2n) is 5.59. The standard InChI is InChI=1S/C17H20N2O4/c1-3-11(2)16(17(22)23)18-15(21)10-19-9-8-14(20)12-6-4-5-7-13(12)19/h4-9,11,16H,3,10H2,1-2H3,(H,18,21)(H,22,23). The number of hydrogen-bond acceptors (Lipinski definition) is 3. The lowest BCUT2D eigenvalue weighted by Gasteiger charge is -2.20. The van der Waals surface area contributed by atoms with Crippen LogP contribution in [0.1, 0.15) is 20.3 Å². The summed E-state index contributed by atoms with van der Waals surface area (Å²) in [5.74, 6) is -1.61. The minimum atomic E-state index is -1.04. The molecule has 1 heterocycles. The van der Waals surface area contributed by atoms with Gasteiger partial charge in [0.25, 0.3) is 0 Å². The lowest BCUT2D eigenvalue weighted by atomic mass is 9.99. The lowest BCUT2D eigenvalue weighted by molar-refractivity contribution is -0.143. The Kier molecular flexibility index (Phi) is 5.16. The number of aromatic nitrogens is 1. The minimum absolute atomic E-state index is 0.0407. The SMILES string of the molecule is CCC(C)C(NC(=O)Cn1ccc(=O)c2ccccc21)C(=O)O. The number of carboxylic acids is 1. The molecule has 0 saturated carbocycles. The number of nitrogens with zero attached hydrogens (tertiary/aromatic N) is 1. The first-order chi connectivity index (χ1) is 10.9. The van der Waals surface area contributed by atoms with E-state index in [-0.39, 0.29) is 17.9 Å². The molecule has 0 spiro atoms. The molecule has 6 heteroatoms. The van der Waals surface area contributed by atoms with Crippen LogP contribution in [0.15, 0.2) is 41.3 Å². The maximum Gasteiger partial charge on any atom is 0.326 e. The van der Waals surface area contributed by atoms with Crippen LogP contribution < -0.4 is 10.7 Å². The van der Waals surface area contributed by atoms with E-state index >= 15 is 0 Å². The predicted octanol–water partition coefficient (Wildman–Crippen LogP) is 1.62. The fourth-order valence-corrected chi connectivity index (χ4v) is 2.45. The van der Waals surface area contributed by atoms with Crippen LogP contribution in [-0.4, -0.2) is 27.6 Å². The van der Waals surface area contributed by atoms with Gasteiger partial charge in [0.1, 0.15) is 12.6 Å². The fourth-order valence-electron chi connectivity index (χ4n) is 2.45. The number of amides is 1. The number of fused-ring (bicyclic) bond motifs is 1. The van der Waals surface area contributed by atoms with Crippen molar-refractivity contribution in [2.45, 2.75) is 32.9 Å². The van der Waals surface area contributed by atoms with Crippen LogP contribution in [0.3, 0.4) is 0 Å². The van der Waals surface area contributed by atoms with Gasteiger partial charge in [-0.25, -0.2) is 4.79 Å². The first-order valence-corrected chi connectivity index (χ1v) is 7.54. The van der Waals surface area contributed by atoms with Crippen LogP contribution in [0, 0.1) is 5.92 Å². The molecule has 122 valence electrons. The Hall–Kier alpha value is -2.63. The first kappa shape index (κ1) is 16.7. The van der Waals surface area contributed by atoms with E-state index in [0.717, 1.165) is 0 Å². The lowest BCUT2D eigenvalue weighted by Crippen LogP contribution is -2.46. The van der Waals surface area contributed by atoms with Crippen LogP contribution in [0.25, 0.3) is 10.9 Å². The summed E-state index contributed by atoms with van der Waals surface area (Å²) in [6.45, 7) is 3.62. The van der Waals surface area contributed by atoms with E-state index in [1.54, 1.807) is 42.0 Å². The summed E-state index contributed by atoms with van der Waals surface area (Å²) < 4.78 is 1.64. The topological polar surface area (TPSA) is 88.4 Å². The van der Waals surface area contributed by atoms with Crippen molar-refractivity contribution < 1.29 is 14.7 Å². The second-order valence-corrected chi connectivity index (χ2v) is 5.59. The summed E-state index contributed by atoms with van der Waals surface area (Å²) in [5, 5.41) is 12.3. The van der Waals surface area contributed by atoms with Gasteiger partial charge in [-0.05, 0) is 18.1 Å². The highest BCUT2D eigenvalue weighted by Gasteiger charge is 2.25. The molecule has 0 aliphatic carbocycles. The summed E-state index contributed by atoms with van der Waals surface area (Å²) in [7, 11) is 0. The molecule has 0 bridgehead atoms. The van der Waals surface area contributed by atoms with Crippen molar-refractivity contribution in [1.82, 2.24) is 9.88 Å². The van der Waals surface area contributed by atoms with E-state index in [0.29, 0.717) is 17.3 Å². The third kappa shape index (κ3) is 3.77. The number of pyridine rings is 1. The number of carbonyl (C=O) groups excluding carboxylic acids is 1. The van der Waals surface area contributed by atoms with Gasteiger partial charge < -0.3 is 15.0 Å². The minimum Gasteiger partial charge on any atom is -0.480 e. The first-order valence-electron chi connectivity index (χ1n) is 7.54. The van der Waals surface area contributed by atoms with Crippen molar-refractivity contribution in [1.29, 1.82) is 0 Å². The molecule has 23 heavy (non-hydrogen) atoms. The Labute approximate surface area is 133 Å². The van der Waals surface area contributed by atoms with Crippen molar-refractivity contribution in [2.75, 3.05) is 0 Å². The Balaban J connectivity index is 2.22. The zero-order valence-corrected chi connectivity index (χ0v) is 13.2. The van der Waals surface area contributed by atoms with Crippen molar-refractivity contribution in [3.8, 4) is 0 Å². The van der Waals surface area contributed by atoms with E-state index in [1.165, 1.54) is 6.07 Å². The van der Waals surface area contributed by atoms with Gasteiger partial charge in [0.2, 0.25) is 5.91 Å². The normalized spacial score (nSPS) is 13.5. The summed E-state index contributed by atoms with van der Waals surface area (Å²) >= 11 is 0. The fraction of sp³-hybridized carbons (Fsp3) is 0.353. The summed E-state index contributed by atoms with van der Waals surface area (Å²) in [6.07, 6.45) is 2.20. The number of para-hydroxylation sites is 1. The Morgan fingerprint density at radius 1 is 1.26 bits per heavy atom. The van der Waals surface area contributed by atoms with E-state index in [4.69, 9.17) is 0 Å². The molecule has 6 nitrogen and oxygen atoms in total. The van der Waals surface area contributed by atoms with Gasteiger partial charge in [0, 0.05) is 17.6 Å². The van der Waals surface area contributed by atoms with Crippen LogP contribution in [-0.2, 0) is 16.1 Å². The molecule has 2 atom stereocenters. The molecule has 1 amide bonds. The Morgan fingerprint density at radius 3 is 2.61 bits per heavy atom. The number of nitrogens with one attached hydrogen (secondary N) is 1. The summed E-state index contributed by atoms with van der Waals surface area (Å²) in [6, 6.07) is 7.49. The molecule has 0 radical (unpaired) electrons.